The lowest BCUT2D eigenvalue weighted by Gasteiger charge is -2.26. The van der Waals surface area contributed by atoms with Crippen LogP contribution in [0.3, 0.4) is 0 Å². The summed E-state index contributed by atoms with van der Waals surface area (Å²) < 4.78 is 7.54. The minimum absolute atomic E-state index is 0.436. The molecule has 0 aliphatic carbocycles. The van der Waals surface area contributed by atoms with E-state index < -0.39 is 0 Å². The molecule has 0 unspecified atom stereocenters. The summed E-state index contributed by atoms with van der Waals surface area (Å²) in [6.45, 7) is 4.57. The Hall–Kier alpha value is -1.88. The minimum atomic E-state index is 0.436. The van der Waals surface area contributed by atoms with Gasteiger partial charge in [0.05, 0.1) is 18.8 Å². The predicted octanol–water partition coefficient (Wildman–Crippen LogP) is 1.49. The zero-order chi connectivity index (χ0) is 12.4. The molecule has 1 saturated heterocycles. The van der Waals surface area contributed by atoms with E-state index in [1.165, 1.54) is 0 Å². The fraction of sp³-hybridized carbons (Fsp3) is 0.385. The molecular weight excluding hydrogens is 228 g/mol. The van der Waals surface area contributed by atoms with Gasteiger partial charge in [-0.25, -0.2) is 4.68 Å². The summed E-state index contributed by atoms with van der Waals surface area (Å²) in [7, 11) is 0. The summed E-state index contributed by atoms with van der Waals surface area (Å²) in [6, 6.07) is 8.36. The number of hydrogen-bond acceptors (Lipinski definition) is 4. The first kappa shape index (κ1) is 11.2. The largest absolute Gasteiger partial charge is 0.493 e. The van der Waals surface area contributed by atoms with Crippen LogP contribution in [0, 0.1) is 0 Å². The van der Waals surface area contributed by atoms with Gasteiger partial charge in [-0.15, -0.1) is 5.10 Å². The van der Waals surface area contributed by atoms with Crippen molar-refractivity contribution in [3.05, 3.63) is 30.5 Å². The van der Waals surface area contributed by atoms with Gasteiger partial charge in [0.15, 0.2) is 0 Å². The Kier molecular flexibility index (Phi) is 2.98. The summed E-state index contributed by atoms with van der Waals surface area (Å²) in [5.41, 5.74) is 1.86. The van der Waals surface area contributed by atoms with Gasteiger partial charge >= 0.3 is 0 Å². The average Bonchev–Trinajstić information content (AvgIpc) is 2.77. The van der Waals surface area contributed by atoms with Crippen molar-refractivity contribution < 1.29 is 4.74 Å². The molecule has 94 valence electrons. The molecule has 0 saturated carbocycles. The van der Waals surface area contributed by atoms with Gasteiger partial charge in [0.2, 0.25) is 0 Å². The quantitative estimate of drug-likeness (QED) is 0.885. The van der Waals surface area contributed by atoms with E-state index in [0.29, 0.717) is 12.6 Å². The van der Waals surface area contributed by atoms with E-state index in [1.807, 2.05) is 42.1 Å². The van der Waals surface area contributed by atoms with Crippen LogP contribution in [0.4, 0.5) is 0 Å². The lowest BCUT2D eigenvalue weighted by molar-refractivity contribution is 0.313. The zero-order valence-electron chi connectivity index (χ0n) is 10.3. The van der Waals surface area contributed by atoms with E-state index in [-0.39, 0.29) is 0 Å². The van der Waals surface area contributed by atoms with Crippen molar-refractivity contribution in [1.82, 2.24) is 20.3 Å². The Balaban J connectivity index is 1.91. The van der Waals surface area contributed by atoms with Crippen molar-refractivity contribution in [3.63, 3.8) is 0 Å². The third-order valence-electron chi connectivity index (χ3n) is 3.11. The first-order chi connectivity index (χ1) is 8.88. The van der Waals surface area contributed by atoms with Crippen molar-refractivity contribution in [3.8, 4) is 17.0 Å². The minimum Gasteiger partial charge on any atom is -0.493 e. The predicted molar refractivity (Wildman–Crippen MR) is 68.5 cm³/mol. The number of para-hydroxylation sites is 1. The number of benzene rings is 1. The molecule has 1 fully saturated rings. The van der Waals surface area contributed by atoms with Crippen molar-refractivity contribution in [1.29, 1.82) is 0 Å². The van der Waals surface area contributed by atoms with E-state index in [9.17, 15) is 0 Å². The SMILES string of the molecule is CCOc1ccccc1-c1cn(C2CNC2)nn1. The standard InChI is InChI=1S/C13H16N4O/c1-2-18-13-6-4-3-5-11(13)12-9-17(16-15-12)10-7-14-8-10/h3-6,9-10,14H,2,7-8H2,1H3. The molecule has 0 spiro atoms. The van der Waals surface area contributed by atoms with Gasteiger partial charge in [0.25, 0.3) is 0 Å². The van der Waals surface area contributed by atoms with Gasteiger partial charge < -0.3 is 10.1 Å². The summed E-state index contributed by atoms with van der Waals surface area (Å²) in [5, 5.41) is 11.7. The zero-order valence-corrected chi connectivity index (χ0v) is 10.3. The molecule has 3 rings (SSSR count). The van der Waals surface area contributed by atoms with E-state index in [4.69, 9.17) is 4.74 Å². The Bertz CT molecular complexity index is 533. The highest BCUT2D eigenvalue weighted by Gasteiger charge is 2.20. The maximum absolute atomic E-state index is 5.61. The normalized spacial score (nSPS) is 15.4. The molecule has 5 heteroatoms. The number of rotatable bonds is 4. The summed E-state index contributed by atoms with van der Waals surface area (Å²) in [6.07, 6.45) is 1.99. The molecular formula is C13H16N4O. The molecule has 1 N–H and O–H groups in total. The topological polar surface area (TPSA) is 52.0 Å². The highest BCUT2D eigenvalue weighted by molar-refractivity contribution is 5.66. The Morgan fingerprint density at radius 1 is 1.39 bits per heavy atom. The van der Waals surface area contributed by atoms with Crippen LogP contribution in [0.2, 0.25) is 0 Å². The van der Waals surface area contributed by atoms with Crippen LogP contribution in [-0.4, -0.2) is 34.7 Å². The van der Waals surface area contributed by atoms with Crippen LogP contribution in [0.1, 0.15) is 13.0 Å². The third kappa shape index (κ3) is 1.97. The number of nitrogens with one attached hydrogen (secondary N) is 1. The molecule has 0 radical (unpaired) electrons. The van der Waals surface area contributed by atoms with Gasteiger partial charge in [-0.2, -0.15) is 0 Å². The molecule has 0 amide bonds. The van der Waals surface area contributed by atoms with Crippen molar-refractivity contribution in [2.24, 2.45) is 0 Å². The van der Waals surface area contributed by atoms with Crippen molar-refractivity contribution >= 4 is 0 Å². The van der Waals surface area contributed by atoms with Gasteiger partial charge in [-0.1, -0.05) is 17.3 Å². The molecule has 18 heavy (non-hydrogen) atoms. The molecule has 1 aliphatic rings. The number of aromatic nitrogens is 3. The van der Waals surface area contributed by atoms with E-state index in [0.717, 1.165) is 30.1 Å². The first-order valence-electron chi connectivity index (χ1n) is 6.23. The fourth-order valence-electron chi connectivity index (χ4n) is 2.00. The highest BCUT2D eigenvalue weighted by Crippen LogP contribution is 2.28. The lowest BCUT2D eigenvalue weighted by Crippen LogP contribution is -2.43. The van der Waals surface area contributed by atoms with Gasteiger partial charge in [0, 0.05) is 18.7 Å². The Morgan fingerprint density at radius 2 is 2.22 bits per heavy atom. The van der Waals surface area contributed by atoms with Crippen LogP contribution in [-0.2, 0) is 0 Å². The lowest BCUT2D eigenvalue weighted by atomic mass is 10.1. The molecule has 2 heterocycles. The first-order valence-corrected chi connectivity index (χ1v) is 6.23. The van der Waals surface area contributed by atoms with Crippen LogP contribution in [0.25, 0.3) is 11.3 Å². The number of hydrogen-bond donors (Lipinski definition) is 1. The van der Waals surface area contributed by atoms with Crippen LogP contribution in [0.15, 0.2) is 30.5 Å². The Labute approximate surface area is 106 Å². The average molecular weight is 244 g/mol. The summed E-state index contributed by atoms with van der Waals surface area (Å²) >= 11 is 0. The van der Waals surface area contributed by atoms with Gasteiger partial charge in [-0.05, 0) is 19.1 Å². The molecule has 1 aromatic heterocycles. The smallest absolute Gasteiger partial charge is 0.128 e. The third-order valence-corrected chi connectivity index (χ3v) is 3.11. The maximum atomic E-state index is 5.61. The Morgan fingerprint density at radius 3 is 2.94 bits per heavy atom. The van der Waals surface area contributed by atoms with E-state index >= 15 is 0 Å². The number of nitrogens with zero attached hydrogens (tertiary/aromatic N) is 3. The van der Waals surface area contributed by atoms with Gasteiger partial charge in [-0.3, -0.25) is 0 Å². The maximum Gasteiger partial charge on any atom is 0.128 e. The van der Waals surface area contributed by atoms with Gasteiger partial charge in [0.1, 0.15) is 11.4 Å². The molecule has 5 nitrogen and oxygen atoms in total. The van der Waals surface area contributed by atoms with Crippen LogP contribution < -0.4 is 10.1 Å². The number of ether oxygens (including phenoxy) is 1. The highest BCUT2D eigenvalue weighted by atomic mass is 16.5. The fourth-order valence-corrected chi connectivity index (χ4v) is 2.00. The van der Waals surface area contributed by atoms with E-state index in [2.05, 4.69) is 15.6 Å². The van der Waals surface area contributed by atoms with Crippen molar-refractivity contribution in [2.75, 3.05) is 19.7 Å². The molecule has 2 aromatic rings. The second-order valence-electron chi connectivity index (χ2n) is 4.33. The van der Waals surface area contributed by atoms with Crippen LogP contribution in [0.5, 0.6) is 5.75 Å². The van der Waals surface area contributed by atoms with Crippen molar-refractivity contribution in [2.45, 2.75) is 13.0 Å². The summed E-state index contributed by atoms with van der Waals surface area (Å²) in [4.78, 5) is 0. The summed E-state index contributed by atoms with van der Waals surface area (Å²) in [5.74, 6) is 0.860. The second kappa shape index (κ2) is 4.78. The molecule has 1 aliphatic heterocycles. The molecule has 0 atom stereocenters. The molecule has 1 aromatic carbocycles. The van der Waals surface area contributed by atoms with Crippen LogP contribution >= 0.6 is 0 Å². The van der Waals surface area contributed by atoms with E-state index in [1.54, 1.807) is 0 Å². The second-order valence-corrected chi connectivity index (χ2v) is 4.33. The molecule has 0 bridgehead atoms. The monoisotopic (exact) mass is 244 g/mol.